The Bertz CT molecular complexity index is 203. The van der Waals surface area contributed by atoms with Crippen LogP contribution >= 0.6 is 8.03 Å². The minimum atomic E-state index is -2.59. The van der Waals surface area contributed by atoms with Gasteiger partial charge in [0, 0.05) is 6.16 Å². The van der Waals surface area contributed by atoms with Crippen LogP contribution in [0.2, 0.25) is 0 Å². The van der Waals surface area contributed by atoms with Crippen molar-refractivity contribution in [3.8, 4) is 0 Å². The molecule has 1 N–H and O–H groups in total. The van der Waals surface area contributed by atoms with Gasteiger partial charge in [-0.3, -0.25) is 9.36 Å². The Balaban J connectivity index is 4.22. The van der Waals surface area contributed by atoms with Crippen molar-refractivity contribution in [2.45, 2.75) is 27.2 Å². The van der Waals surface area contributed by atoms with E-state index < -0.39 is 13.9 Å². The maximum atomic E-state index is 11.4. The van der Waals surface area contributed by atoms with Crippen LogP contribution in [0.1, 0.15) is 27.2 Å². The molecule has 0 saturated carbocycles. The molecule has 0 aromatic carbocycles. The molecule has 14 heavy (non-hydrogen) atoms. The van der Waals surface area contributed by atoms with Crippen LogP contribution < -0.4 is 0 Å². The van der Waals surface area contributed by atoms with E-state index in [0.29, 0.717) is 18.9 Å². The number of hydrogen-bond donors (Lipinski definition) is 1. The fourth-order valence-corrected chi connectivity index (χ4v) is 2.06. The lowest BCUT2D eigenvalue weighted by atomic mass is 9.99. The topological polar surface area (TPSA) is 63.6 Å². The number of ether oxygens (including phenoxy) is 1. The Hall–Kier alpha value is -0.340. The van der Waals surface area contributed by atoms with Crippen molar-refractivity contribution in [1.82, 2.24) is 0 Å². The van der Waals surface area contributed by atoms with Gasteiger partial charge in [-0.05, 0) is 19.3 Å². The lowest BCUT2D eigenvalue weighted by Crippen LogP contribution is -2.21. The van der Waals surface area contributed by atoms with Crippen LogP contribution in [0.25, 0.3) is 0 Å². The van der Waals surface area contributed by atoms with Crippen molar-refractivity contribution in [3.05, 3.63) is 0 Å². The van der Waals surface area contributed by atoms with Crippen LogP contribution in [-0.4, -0.2) is 23.6 Å². The van der Waals surface area contributed by atoms with Gasteiger partial charge in [0.05, 0.1) is 12.5 Å². The molecule has 84 valence electrons. The number of carbonyl (C=O) groups is 1. The summed E-state index contributed by atoms with van der Waals surface area (Å²) in [6.45, 7) is 5.99. The van der Waals surface area contributed by atoms with Crippen LogP contribution in [0.5, 0.6) is 0 Å². The Morgan fingerprint density at radius 1 is 1.50 bits per heavy atom. The Labute approximate surface area is 85.5 Å². The average molecular weight is 222 g/mol. The van der Waals surface area contributed by atoms with E-state index in [-0.39, 0.29) is 12.1 Å². The maximum Gasteiger partial charge on any atom is 0.309 e. The lowest BCUT2D eigenvalue weighted by Gasteiger charge is -2.15. The van der Waals surface area contributed by atoms with Gasteiger partial charge in [0.1, 0.15) is 0 Å². The molecule has 0 bridgehead atoms. The van der Waals surface area contributed by atoms with Crippen LogP contribution in [0.4, 0.5) is 0 Å². The van der Waals surface area contributed by atoms with Gasteiger partial charge in [0.15, 0.2) is 8.03 Å². The van der Waals surface area contributed by atoms with Crippen molar-refractivity contribution in [2.24, 2.45) is 11.8 Å². The summed E-state index contributed by atoms with van der Waals surface area (Å²) in [5, 5.41) is 0. The van der Waals surface area contributed by atoms with Crippen LogP contribution in [0.3, 0.4) is 0 Å². The van der Waals surface area contributed by atoms with E-state index in [1.165, 1.54) is 0 Å². The Morgan fingerprint density at radius 2 is 2.07 bits per heavy atom. The molecule has 0 aromatic rings. The van der Waals surface area contributed by atoms with E-state index in [4.69, 9.17) is 9.63 Å². The monoisotopic (exact) mass is 222 g/mol. The third-order valence-corrected chi connectivity index (χ3v) is 2.64. The van der Waals surface area contributed by atoms with Gasteiger partial charge >= 0.3 is 5.97 Å². The molecule has 2 atom stereocenters. The zero-order valence-corrected chi connectivity index (χ0v) is 9.95. The summed E-state index contributed by atoms with van der Waals surface area (Å²) in [7, 11) is -2.59. The first-order valence-electron chi connectivity index (χ1n) is 4.85. The van der Waals surface area contributed by atoms with Gasteiger partial charge in [0.2, 0.25) is 0 Å². The molecule has 0 amide bonds. The Morgan fingerprint density at radius 3 is 2.43 bits per heavy atom. The molecule has 2 unspecified atom stereocenters. The van der Waals surface area contributed by atoms with Gasteiger partial charge in [-0.15, -0.1) is 0 Å². The highest BCUT2D eigenvalue weighted by molar-refractivity contribution is 7.38. The maximum absolute atomic E-state index is 11.4. The van der Waals surface area contributed by atoms with Gasteiger partial charge in [-0.2, -0.15) is 0 Å². The van der Waals surface area contributed by atoms with Gasteiger partial charge < -0.3 is 9.63 Å². The first-order valence-corrected chi connectivity index (χ1v) is 6.42. The molecular formula is C9H19O4P. The molecule has 5 heteroatoms. The lowest BCUT2D eigenvalue weighted by molar-refractivity contribution is -0.147. The van der Waals surface area contributed by atoms with Gasteiger partial charge in [-0.25, -0.2) is 0 Å². The third-order valence-electron chi connectivity index (χ3n) is 1.80. The molecule has 0 spiro atoms. The highest BCUT2D eigenvalue weighted by atomic mass is 31.1. The van der Waals surface area contributed by atoms with E-state index in [2.05, 4.69) is 0 Å². The third kappa shape index (κ3) is 6.17. The van der Waals surface area contributed by atoms with E-state index in [1.54, 1.807) is 6.92 Å². The van der Waals surface area contributed by atoms with Crippen LogP contribution in [0, 0.1) is 11.8 Å². The number of rotatable bonds is 6. The molecular weight excluding hydrogens is 203 g/mol. The summed E-state index contributed by atoms with van der Waals surface area (Å²) in [5.74, 6) is -0.453. The second-order valence-corrected chi connectivity index (χ2v) is 4.87. The van der Waals surface area contributed by atoms with Gasteiger partial charge in [-0.1, -0.05) is 13.8 Å². The molecule has 0 saturated heterocycles. The molecule has 0 fully saturated rings. The van der Waals surface area contributed by atoms with Crippen molar-refractivity contribution in [3.63, 3.8) is 0 Å². The summed E-state index contributed by atoms with van der Waals surface area (Å²) < 4.78 is 15.5. The zero-order chi connectivity index (χ0) is 11.1. The zero-order valence-electron chi connectivity index (χ0n) is 8.95. The minimum absolute atomic E-state index is 0.0433. The number of carbonyl (C=O) groups excluding carboxylic acids is 1. The second-order valence-electron chi connectivity index (χ2n) is 3.68. The fourth-order valence-electron chi connectivity index (χ4n) is 1.30. The molecule has 0 aliphatic carbocycles. The standard InChI is InChI=1S/C9H19O4P/c1-4-13-9(10)8(5-7(2)3)6-14(11)12/h7-8,14H,4-6H2,1-3H3,(H,11,12). The normalized spacial score (nSPS) is 15.2. The quantitative estimate of drug-likeness (QED) is 0.548. The summed E-state index contributed by atoms with van der Waals surface area (Å²) in [6.07, 6.45) is 0.650. The fraction of sp³-hybridized carbons (Fsp3) is 0.889. The number of hydrogen-bond acceptors (Lipinski definition) is 3. The summed E-state index contributed by atoms with van der Waals surface area (Å²) in [5.41, 5.74) is 0. The molecule has 0 radical (unpaired) electrons. The van der Waals surface area contributed by atoms with Crippen molar-refractivity contribution in [1.29, 1.82) is 0 Å². The highest BCUT2D eigenvalue weighted by Gasteiger charge is 2.22. The summed E-state index contributed by atoms with van der Waals surface area (Å²) >= 11 is 0. The van der Waals surface area contributed by atoms with E-state index >= 15 is 0 Å². The summed E-state index contributed by atoms with van der Waals surface area (Å²) in [4.78, 5) is 20.1. The number of esters is 1. The Kier molecular flexibility index (Phi) is 6.85. The van der Waals surface area contributed by atoms with Crippen LogP contribution in [-0.2, 0) is 14.1 Å². The molecule has 0 aliphatic rings. The van der Waals surface area contributed by atoms with Crippen LogP contribution in [0.15, 0.2) is 0 Å². The molecule has 0 aliphatic heterocycles. The first-order chi connectivity index (χ1) is 6.47. The molecule has 0 rings (SSSR count). The summed E-state index contributed by atoms with van der Waals surface area (Å²) in [6, 6.07) is 0. The average Bonchev–Trinajstić information content (AvgIpc) is 2.01. The van der Waals surface area contributed by atoms with Crippen molar-refractivity contribution >= 4 is 14.0 Å². The second kappa shape index (κ2) is 7.02. The SMILES string of the molecule is CCOC(=O)C(CC(C)C)C[PH](=O)O. The largest absolute Gasteiger partial charge is 0.466 e. The van der Waals surface area contributed by atoms with Gasteiger partial charge in [0.25, 0.3) is 0 Å². The van der Waals surface area contributed by atoms with E-state index in [9.17, 15) is 9.36 Å². The predicted octanol–water partition coefficient (Wildman–Crippen LogP) is 1.68. The predicted molar refractivity (Wildman–Crippen MR) is 55.7 cm³/mol. The molecule has 4 nitrogen and oxygen atoms in total. The smallest absolute Gasteiger partial charge is 0.309 e. The first kappa shape index (κ1) is 13.7. The molecule has 0 heterocycles. The molecule has 0 aromatic heterocycles. The highest BCUT2D eigenvalue weighted by Crippen LogP contribution is 2.24. The van der Waals surface area contributed by atoms with E-state index in [0.717, 1.165) is 0 Å². The minimum Gasteiger partial charge on any atom is -0.466 e. The van der Waals surface area contributed by atoms with Crippen molar-refractivity contribution in [2.75, 3.05) is 12.8 Å². The van der Waals surface area contributed by atoms with E-state index in [1.807, 2.05) is 13.8 Å². The van der Waals surface area contributed by atoms with Crippen molar-refractivity contribution < 1.29 is 19.0 Å².